The van der Waals surface area contributed by atoms with Crippen molar-refractivity contribution in [3.63, 3.8) is 0 Å². The third-order valence-corrected chi connectivity index (χ3v) is 4.56. The Morgan fingerprint density at radius 1 is 1.13 bits per heavy atom. The number of nitrogens with zero attached hydrogens (tertiary/aromatic N) is 3. The molecule has 0 radical (unpaired) electrons. The van der Waals surface area contributed by atoms with Crippen LogP contribution in [0, 0.1) is 13.8 Å². The third kappa shape index (κ3) is 2.37. The van der Waals surface area contributed by atoms with Crippen molar-refractivity contribution in [3.8, 4) is 0 Å². The number of benzene rings is 2. The van der Waals surface area contributed by atoms with E-state index in [9.17, 15) is 4.79 Å². The van der Waals surface area contributed by atoms with E-state index >= 15 is 0 Å². The SMILES string of the molecule is Cc1ccc(C)c(Nc2nn3c(=O)c4ccccc4nc3s2)c1. The Hall–Kier alpha value is -2.73. The Bertz CT molecular complexity index is 1100. The summed E-state index contributed by atoms with van der Waals surface area (Å²) in [6, 6.07) is 13.5. The minimum Gasteiger partial charge on any atom is -0.330 e. The van der Waals surface area contributed by atoms with Gasteiger partial charge in [0.25, 0.3) is 5.56 Å². The number of aryl methyl sites for hydroxylation is 2. The van der Waals surface area contributed by atoms with Gasteiger partial charge in [0.1, 0.15) is 0 Å². The Kier molecular flexibility index (Phi) is 3.12. The van der Waals surface area contributed by atoms with Gasteiger partial charge in [-0.1, -0.05) is 35.6 Å². The summed E-state index contributed by atoms with van der Waals surface area (Å²) in [6.45, 7) is 4.08. The van der Waals surface area contributed by atoms with E-state index in [4.69, 9.17) is 0 Å². The molecule has 0 aliphatic heterocycles. The van der Waals surface area contributed by atoms with Crippen LogP contribution >= 0.6 is 11.3 Å². The largest absolute Gasteiger partial charge is 0.330 e. The number of anilines is 2. The Labute approximate surface area is 136 Å². The zero-order valence-electron chi connectivity index (χ0n) is 12.7. The van der Waals surface area contributed by atoms with Gasteiger partial charge >= 0.3 is 0 Å². The lowest BCUT2D eigenvalue weighted by Crippen LogP contribution is -2.15. The summed E-state index contributed by atoms with van der Waals surface area (Å²) in [4.78, 5) is 17.6. The molecule has 0 bridgehead atoms. The predicted octanol–water partition coefficient (Wildman–Crippen LogP) is 3.66. The number of hydrogen-bond acceptors (Lipinski definition) is 5. The van der Waals surface area contributed by atoms with Gasteiger partial charge in [0.2, 0.25) is 10.1 Å². The number of aromatic nitrogens is 3. The van der Waals surface area contributed by atoms with Crippen molar-refractivity contribution < 1.29 is 0 Å². The van der Waals surface area contributed by atoms with Crippen LogP contribution in [0.1, 0.15) is 11.1 Å². The molecule has 6 heteroatoms. The highest BCUT2D eigenvalue weighted by Gasteiger charge is 2.11. The van der Waals surface area contributed by atoms with Crippen LogP contribution in [0.2, 0.25) is 0 Å². The summed E-state index contributed by atoms with van der Waals surface area (Å²) in [5, 5.41) is 8.90. The van der Waals surface area contributed by atoms with Crippen LogP contribution in [0.5, 0.6) is 0 Å². The van der Waals surface area contributed by atoms with Gasteiger partial charge in [0.15, 0.2) is 0 Å². The highest BCUT2D eigenvalue weighted by Crippen LogP contribution is 2.25. The minimum atomic E-state index is -0.143. The summed E-state index contributed by atoms with van der Waals surface area (Å²) in [6.07, 6.45) is 0. The molecular formula is C17H14N4OS. The monoisotopic (exact) mass is 322 g/mol. The van der Waals surface area contributed by atoms with Crippen LogP contribution < -0.4 is 10.9 Å². The smallest absolute Gasteiger partial charge is 0.283 e. The number of fused-ring (bicyclic) bond motifs is 2. The molecule has 23 heavy (non-hydrogen) atoms. The van der Waals surface area contributed by atoms with Gasteiger partial charge in [-0.05, 0) is 43.2 Å². The first-order valence-electron chi connectivity index (χ1n) is 7.25. The topological polar surface area (TPSA) is 59.3 Å². The summed E-state index contributed by atoms with van der Waals surface area (Å²) in [7, 11) is 0. The molecule has 114 valence electrons. The molecule has 0 aliphatic rings. The van der Waals surface area contributed by atoms with Gasteiger partial charge in [-0.25, -0.2) is 4.98 Å². The first-order chi connectivity index (χ1) is 11.1. The number of nitrogens with one attached hydrogen (secondary N) is 1. The molecule has 0 spiro atoms. The van der Waals surface area contributed by atoms with E-state index in [-0.39, 0.29) is 5.56 Å². The van der Waals surface area contributed by atoms with Crippen LogP contribution in [0.4, 0.5) is 10.8 Å². The van der Waals surface area contributed by atoms with Crippen molar-refractivity contribution >= 4 is 38.0 Å². The molecule has 2 heterocycles. The summed E-state index contributed by atoms with van der Waals surface area (Å²) in [5.74, 6) is 0. The zero-order chi connectivity index (χ0) is 16.0. The molecule has 2 aromatic heterocycles. The van der Waals surface area contributed by atoms with E-state index in [1.165, 1.54) is 21.4 Å². The number of hydrogen-bond donors (Lipinski definition) is 1. The molecular weight excluding hydrogens is 308 g/mol. The second-order valence-electron chi connectivity index (χ2n) is 5.48. The van der Waals surface area contributed by atoms with Crippen molar-refractivity contribution in [1.82, 2.24) is 14.6 Å². The van der Waals surface area contributed by atoms with Crippen LogP contribution in [-0.4, -0.2) is 14.6 Å². The van der Waals surface area contributed by atoms with Crippen LogP contribution in [-0.2, 0) is 0 Å². The highest BCUT2D eigenvalue weighted by atomic mass is 32.1. The maximum absolute atomic E-state index is 12.5. The first-order valence-corrected chi connectivity index (χ1v) is 8.06. The van der Waals surface area contributed by atoms with Crippen molar-refractivity contribution in [2.45, 2.75) is 13.8 Å². The van der Waals surface area contributed by atoms with Crippen molar-refractivity contribution in [2.24, 2.45) is 0 Å². The molecule has 2 aromatic carbocycles. The standard InChI is InChI=1S/C17H14N4OS/c1-10-7-8-11(2)14(9-10)18-16-20-21-15(22)12-5-3-4-6-13(12)19-17(21)23-16/h3-9H,1-2H3,(H,18,20). The Balaban J connectivity index is 1.86. The molecule has 0 unspecified atom stereocenters. The van der Waals surface area contributed by atoms with E-state index < -0.39 is 0 Å². The quantitative estimate of drug-likeness (QED) is 0.612. The average molecular weight is 322 g/mol. The van der Waals surface area contributed by atoms with E-state index in [0.29, 0.717) is 21.0 Å². The molecule has 0 atom stereocenters. The van der Waals surface area contributed by atoms with Gasteiger partial charge in [0, 0.05) is 5.69 Å². The lowest BCUT2D eigenvalue weighted by atomic mass is 10.1. The van der Waals surface area contributed by atoms with E-state index in [2.05, 4.69) is 33.6 Å². The van der Waals surface area contributed by atoms with Gasteiger partial charge in [-0.15, -0.1) is 5.10 Å². The molecule has 0 amide bonds. The van der Waals surface area contributed by atoms with E-state index in [1.54, 1.807) is 6.07 Å². The summed E-state index contributed by atoms with van der Waals surface area (Å²) >= 11 is 1.37. The average Bonchev–Trinajstić information content (AvgIpc) is 2.94. The molecule has 1 N–H and O–H groups in total. The van der Waals surface area contributed by atoms with Gasteiger partial charge < -0.3 is 5.32 Å². The van der Waals surface area contributed by atoms with Crippen molar-refractivity contribution in [1.29, 1.82) is 0 Å². The van der Waals surface area contributed by atoms with Gasteiger partial charge in [0.05, 0.1) is 10.9 Å². The minimum absolute atomic E-state index is 0.143. The molecule has 0 fully saturated rings. The number of rotatable bonds is 2. The van der Waals surface area contributed by atoms with Crippen molar-refractivity contribution in [2.75, 3.05) is 5.32 Å². The molecule has 0 saturated carbocycles. The van der Waals surface area contributed by atoms with Crippen LogP contribution in [0.15, 0.2) is 47.3 Å². The van der Waals surface area contributed by atoms with Gasteiger partial charge in [-0.2, -0.15) is 4.52 Å². The fraction of sp³-hybridized carbons (Fsp3) is 0.118. The summed E-state index contributed by atoms with van der Waals surface area (Å²) < 4.78 is 1.36. The number of para-hydroxylation sites is 1. The molecule has 4 rings (SSSR count). The predicted molar refractivity (Wildman–Crippen MR) is 93.8 cm³/mol. The van der Waals surface area contributed by atoms with Crippen LogP contribution in [0.3, 0.4) is 0 Å². The Morgan fingerprint density at radius 3 is 2.83 bits per heavy atom. The lowest BCUT2D eigenvalue weighted by Gasteiger charge is -2.06. The lowest BCUT2D eigenvalue weighted by molar-refractivity contribution is 0.919. The van der Waals surface area contributed by atoms with Crippen molar-refractivity contribution in [3.05, 3.63) is 63.9 Å². The molecule has 4 aromatic rings. The van der Waals surface area contributed by atoms with Gasteiger partial charge in [-0.3, -0.25) is 4.79 Å². The highest BCUT2D eigenvalue weighted by molar-refractivity contribution is 7.20. The first kappa shape index (κ1) is 13.9. The fourth-order valence-corrected chi connectivity index (χ4v) is 3.30. The maximum atomic E-state index is 12.5. The molecule has 5 nitrogen and oxygen atoms in total. The van der Waals surface area contributed by atoms with E-state index in [1.807, 2.05) is 32.0 Å². The fourth-order valence-electron chi connectivity index (χ4n) is 2.49. The second-order valence-corrected chi connectivity index (χ2v) is 6.44. The molecule has 0 saturated heterocycles. The molecule has 0 aliphatic carbocycles. The second kappa shape index (κ2) is 5.17. The Morgan fingerprint density at radius 2 is 1.96 bits per heavy atom. The van der Waals surface area contributed by atoms with Crippen LogP contribution in [0.25, 0.3) is 15.9 Å². The maximum Gasteiger partial charge on any atom is 0.283 e. The third-order valence-electron chi connectivity index (χ3n) is 3.74. The van der Waals surface area contributed by atoms with E-state index in [0.717, 1.165) is 11.3 Å². The summed E-state index contributed by atoms with van der Waals surface area (Å²) in [5.41, 5.74) is 3.83. The normalized spacial score (nSPS) is 11.2. The zero-order valence-corrected chi connectivity index (χ0v) is 13.5.